The molecule has 0 aliphatic rings. The highest BCUT2D eigenvalue weighted by Gasteiger charge is 2.28. The fraction of sp³-hybridized carbons (Fsp3) is 0.417. The van der Waals surface area contributed by atoms with E-state index in [2.05, 4.69) is 5.32 Å². The number of hydrogen-bond donors (Lipinski definition) is 1. The van der Waals surface area contributed by atoms with Crippen LogP contribution in [0, 0.1) is 6.92 Å². The molecule has 0 unspecified atom stereocenters. The number of hydrogen-bond acceptors (Lipinski definition) is 3. The first-order valence-corrected chi connectivity index (χ1v) is 12.1. The molecule has 0 spiro atoms. The molecule has 31 heavy (non-hydrogen) atoms. The van der Waals surface area contributed by atoms with Crippen LogP contribution in [0.25, 0.3) is 0 Å². The molecule has 0 radical (unpaired) electrons. The second-order valence-corrected chi connectivity index (χ2v) is 10.4. The summed E-state index contributed by atoms with van der Waals surface area (Å²) >= 11 is 13.5. The second kappa shape index (κ2) is 11.3. The van der Waals surface area contributed by atoms with Crippen molar-refractivity contribution in [2.45, 2.75) is 58.5 Å². The topological polar surface area (TPSA) is 49.4 Å². The molecule has 1 atom stereocenters. The molecule has 4 nitrogen and oxygen atoms in total. The Bertz CT molecular complexity index is 928. The van der Waals surface area contributed by atoms with Crippen LogP contribution in [-0.4, -0.2) is 34.0 Å². The first-order valence-electron chi connectivity index (χ1n) is 10.2. The van der Waals surface area contributed by atoms with Gasteiger partial charge in [-0.05, 0) is 63.4 Å². The van der Waals surface area contributed by atoms with Crippen LogP contribution in [0.2, 0.25) is 10.0 Å². The molecule has 0 fully saturated rings. The predicted octanol–water partition coefficient (Wildman–Crippen LogP) is 5.87. The largest absolute Gasteiger partial charge is 0.350 e. The molecule has 2 aromatic rings. The normalized spacial score (nSPS) is 12.4. The second-order valence-electron chi connectivity index (χ2n) is 8.60. The van der Waals surface area contributed by atoms with Gasteiger partial charge in [-0.2, -0.15) is 0 Å². The SMILES string of the molecule is Cc1ccccc1CN(C(=O)CSCc1ccc(Cl)c(Cl)c1)[C@@H](C)C(=O)NC(C)(C)C. The Balaban J connectivity index is 2.12. The van der Waals surface area contributed by atoms with Gasteiger partial charge in [0.25, 0.3) is 0 Å². The summed E-state index contributed by atoms with van der Waals surface area (Å²) in [5.41, 5.74) is 2.75. The van der Waals surface area contributed by atoms with Crippen LogP contribution >= 0.6 is 35.0 Å². The van der Waals surface area contributed by atoms with E-state index in [0.29, 0.717) is 22.3 Å². The third-order valence-corrected chi connectivity index (χ3v) is 6.47. The van der Waals surface area contributed by atoms with Crippen molar-refractivity contribution in [3.8, 4) is 0 Å². The van der Waals surface area contributed by atoms with Crippen molar-refractivity contribution in [3.63, 3.8) is 0 Å². The highest BCUT2D eigenvalue weighted by atomic mass is 35.5. The number of halogens is 2. The Morgan fingerprint density at radius 2 is 1.77 bits per heavy atom. The number of nitrogens with zero attached hydrogens (tertiary/aromatic N) is 1. The minimum Gasteiger partial charge on any atom is -0.350 e. The molecule has 0 heterocycles. The summed E-state index contributed by atoms with van der Waals surface area (Å²) in [6.45, 7) is 9.96. The Labute approximate surface area is 199 Å². The number of carbonyl (C=O) groups excluding carboxylic acids is 2. The quantitative estimate of drug-likeness (QED) is 0.513. The third kappa shape index (κ3) is 8.06. The number of carbonyl (C=O) groups is 2. The average molecular weight is 481 g/mol. The van der Waals surface area contributed by atoms with Gasteiger partial charge in [-0.3, -0.25) is 9.59 Å². The van der Waals surface area contributed by atoms with Crippen LogP contribution in [-0.2, 0) is 21.9 Å². The Morgan fingerprint density at radius 3 is 2.39 bits per heavy atom. The lowest BCUT2D eigenvalue weighted by molar-refractivity contribution is -0.139. The predicted molar refractivity (Wildman–Crippen MR) is 132 cm³/mol. The standard InChI is InChI=1S/C24H30Cl2N2O2S/c1-16-8-6-7-9-19(16)13-28(17(2)23(30)27-24(3,4)5)22(29)15-31-14-18-10-11-20(25)21(26)12-18/h6-12,17H,13-15H2,1-5H3,(H,27,30)/t17-/m0/s1. The molecule has 7 heteroatoms. The zero-order chi connectivity index (χ0) is 23.2. The van der Waals surface area contributed by atoms with Gasteiger partial charge in [0.05, 0.1) is 15.8 Å². The van der Waals surface area contributed by atoms with Gasteiger partial charge in [-0.15, -0.1) is 11.8 Å². The Kier molecular flexibility index (Phi) is 9.28. The Hall–Kier alpha value is -1.69. The summed E-state index contributed by atoms with van der Waals surface area (Å²) in [5, 5.41) is 3.99. The van der Waals surface area contributed by atoms with E-state index in [1.54, 1.807) is 17.9 Å². The molecule has 2 rings (SSSR count). The molecular formula is C24H30Cl2N2O2S. The highest BCUT2D eigenvalue weighted by Crippen LogP contribution is 2.25. The van der Waals surface area contributed by atoms with Crippen molar-refractivity contribution in [2.24, 2.45) is 0 Å². The number of nitrogens with one attached hydrogen (secondary N) is 1. The van der Waals surface area contributed by atoms with E-state index in [1.165, 1.54) is 11.8 Å². The molecule has 2 amide bonds. The van der Waals surface area contributed by atoms with Gasteiger partial charge in [0, 0.05) is 17.8 Å². The van der Waals surface area contributed by atoms with E-state index in [4.69, 9.17) is 23.2 Å². The maximum Gasteiger partial charge on any atom is 0.242 e. The van der Waals surface area contributed by atoms with Crippen molar-refractivity contribution < 1.29 is 9.59 Å². The summed E-state index contributed by atoms with van der Waals surface area (Å²) in [7, 11) is 0. The molecule has 0 saturated carbocycles. The van der Waals surface area contributed by atoms with Crippen molar-refractivity contribution in [3.05, 3.63) is 69.2 Å². The Morgan fingerprint density at radius 1 is 1.10 bits per heavy atom. The molecule has 0 aromatic heterocycles. The fourth-order valence-electron chi connectivity index (χ4n) is 3.00. The van der Waals surface area contributed by atoms with E-state index >= 15 is 0 Å². The van der Waals surface area contributed by atoms with Crippen LogP contribution < -0.4 is 5.32 Å². The lowest BCUT2D eigenvalue weighted by Crippen LogP contribution is -2.52. The zero-order valence-corrected chi connectivity index (χ0v) is 21.0. The molecule has 2 aromatic carbocycles. The molecule has 0 saturated heterocycles. The van der Waals surface area contributed by atoms with E-state index in [1.807, 2.05) is 64.1 Å². The number of benzene rings is 2. The monoisotopic (exact) mass is 480 g/mol. The minimum atomic E-state index is -0.586. The molecule has 1 N–H and O–H groups in total. The summed E-state index contributed by atoms with van der Waals surface area (Å²) in [6.07, 6.45) is 0. The number of thioether (sulfide) groups is 1. The van der Waals surface area contributed by atoms with Crippen LogP contribution in [0.15, 0.2) is 42.5 Å². The van der Waals surface area contributed by atoms with Gasteiger partial charge < -0.3 is 10.2 Å². The summed E-state index contributed by atoms with van der Waals surface area (Å²) < 4.78 is 0. The maximum absolute atomic E-state index is 13.2. The third-order valence-electron chi connectivity index (χ3n) is 4.75. The highest BCUT2D eigenvalue weighted by molar-refractivity contribution is 7.99. The average Bonchev–Trinajstić information content (AvgIpc) is 2.68. The van der Waals surface area contributed by atoms with Crippen molar-refractivity contribution in [1.82, 2.24) is 10.2 Å². The summed E-state index contributed by atoms with van der Waals surface area (Å²) in [6, 6.07) is 12.8. The van der Waals surface area contributed by atoms with Crippen molar-refractivity contribution in [1.29, 1.82) is 0 Å². The van der Waals surface area contributed by atoms with Crippen LogP contribution in [0.4, 0.5) is 0 Å². The van der Waals surface area contributed by atoms with Crippen molar-refractivity contribution in [2.75, 3.05) is 5.75 Å². The van der Waals surface area contributed by atoms with Gasteiger partial charge in [0.2, 0.25) is 11.8 Å². The zero-order valence-electron chi connectivity index (χ0n) is 18.7. The van der Waals surface area contributed by atoms with E-state index in [0.717, 1.165) is 16.7 Å². The van der Waals surface area contributed by atoms with Crippen LogP contribution in [0.5, 0.6) is 0 Å². The summed E-state index contributed by atoms with van der Waals surface area (Å²) in [4.78, 5) is 27.6. The van der Waals surface area contributed by atoms with Gasteiger partial charge in [0.1, 0.15) is 6.04 Å². The maximum atomic E-state index is 13.2. The van der Waals surface area contributed by atoms with Gasteiger partial charge in [-0.1, -0.05) is 53.5 Å². The lowest BCUT2D eigenvalue weighted by Gasteiger charge is -2.31. The van der Waals surface area contributed by atoms with E-state index in [9.17, 15) is 9.59 Å². The first kappa shape index (κ1) is 25.6. The van der Waals surface area contributed by atoms with Crippen LogP contribution in [0.3, 0.4) is 0 Å². The number of amides is 2. The first-order chi connectivity index (χ1) is 14.5. The van der Waals surface area contributed by atoms with E-state index in [-0.39, 0.29) is 23.1 Å². The summed E-state index contributed by atoms with van der Waals surface area (Å²) in [5.74, 6) is 0.650. The lowest BCUT2D eigenvalue weighted by atomic mass is 10.1. The van der Waals surface area contributed by atoms with Crippen LogP contribution in [0.1, 0.15) is 44.4 Å². The molecule has 0 aliphatic heterocycles. The molecule has 0 aliphatic carbocycles. The molecule has 0 bridgehead atoms. The smallest absolute Gasteiger partial charge is 0.242 e. The van der Waals surface area contributed by atoms with Gasteiger partial charge in [0.15, 0.2) is 0 Å². The van der Waals surface area contributed by atoms with E-state index < -0.39 is 6.04 Å². The van der Waals surface area contributed by atoms with Gasteiger partial charge >= 0.3 is 0 Å². The minimum absolute atomic E-state index is 0.0788. The number of rotatable bonds is 8. The molecular weight excluding hydrogens is 451 g/mol. The molecule has 168 valence electrons. The van der Waals surface area contributed by atoms with Gasteiger partial charge in [-0.25, -0.2) is 0 Å². The fourth-order valence-corrected chi connectivity index (χ4v) is 4.17. The van der Waals surface area contributed by atoms with Crippen molar-refractivity contribution >= 4 is 46.8 Å². The number of aryl methyl sites for hydroxylation is 1.